The number of nitrogens with zero attached hydrogens (tertiary/aromatic N) is 4. The molecule has 2 aromatic heterocycles. The van der Waals surface area contributed by atoms with E-state index >= 15 is 0 Å². The van der Waals surface area contributed by atoms with Gasteiger partial charge in [-0.25, -0.2) is 0 Å². The fourth-order valence-electron chi connectivity index (χ4n) is 3.87. The van der Waals surface area contributed by atoms with Crippen LogP contribution in [0.3, 0.4) is 0 Å². The van der Waals surface area contributed by atoms with Crippen LogP contribution >= 0.6 is 0 Å². The van der Waals surface area contributed by atoms with Gasteiger partial charge in [-0.1, -0.05) is 29.4 Å². The van der Waals surface area contributed by atoms with Gasteiger partial charge in [0.2, 0.25) is 17.6 Å². The molecule has 0 radical (unpaired) electrons. The molecule has 0 aliphatic carbocycles. The average Bonchev–Trinajstić information content (AvgIpc) is 3.40. The summed E-state index contributed by atoms with van der Waals surface area (Å²) < 4.78 is 5.32. The summed E-state index contributed by atoms with van der Waals surface area (Å²) in [5.41, 5.74) is 4.50. The van der Waals surface area contributed by atoms with E-state index in [9.17, 15) is 4.79 Å². The third-order valence-corrected chi connectivity index (χ3v) is 5.63. The predicted molar refractivity (Wildman–Crippen MR) is 110 cm³/mol. The molecule has 29 heavy (non-hydrogen) atoms. The summed E-state index contributed by atoms with van der Waals surface area (Å²) in [7, 11) is 0. The van der Waals surface area contributed by atoms with Gasteiger partial charge in [0.25, 0.3) is 0 Å². The van der Waals surface area contributed by atoms with E-state index in [1.807, 2.05) is 23.1 Å². The van der Waals surface area contributed by atoms with Crippen molar-refractivity contribution in [1.29, 1.82) is 0 Å². The lowest BCUT2D eigenvalue weighted by Gasteiger charge is -2.25. The summed E-state index contributed by atoms with van der Waals surface area (Å²) in [6, 6.07) is 12.3. The molecule has 0 spiro atoms. The van der Waals surface area contributed by atoms with Gasteiger partial charge < -0.3 is 9.42 Å². The molecule has 0 saturated carbocycles. The van der Waals surface area contributed by atoms with Crippen molar-refractivity contribution in [3.63, 3.8) is 0 Å². The molecule has 1 aliphatic rings. The lowest BCUT2D eigenvalue weighted by Crippen LogP contribution is -2.30. The molecule has 1 atom stereocenters. The molecule has 3 aromatic rings. The monoisotopic (exact) mass is 390 g/mol. The van der Waals surface area contributed by atoms with Crippen LogP contribution in [0.5, 0.6) is 0 Å². The summed E-state index contributed by atoms with van der Waals surface area (Å²) in [4.78, 5) is 23.5. The number of hydrogen-bond donors (Lipinski definition) is 0. The highest BCUT2D eigenvalue weighted by Gasteiger charge is 2.29. The van der Waals surface area contributed by atoms with Crippen LogP contribution in [0.15, 0.2) is 47.1 Å². The van der Waals surface area contributed by atoms with E-state index in [0.717, 1.165) is 19.4 Å². The maximum atomic E-state index is 12.8. The van der Waals surface area contributed by atoms with Gasteiger partial charge in [-0.2, -0.15) is 4.98 Å². The highest BCUT2D eigenvalue weighted by atomic mass is 16.5. The van der Waals surface area contributed by atoms with Crippen LogP contribution in [0, 0.1) is 13.8 Å². The van der Waals surface area contributed by atoms with Crippen LogP contribution in [0.25, 0.3) is 11.5 Å². The zero-order chi connectivity index (χ0) is 20.2. The molecule has 0 bridgehead atoms. The molecule has 1 aliphatic heterocycles. The molecule has 6 heteroatoms. The van der Waals surface area contributed by atoms with Gasteiger partial charge in [0.15, 0.2) is 0 Å². The Bertz CT molecular complexity index is 984. The second kappa shape index (κ2) is 8.55. The normalized spacial score (nSPS) is 16.3. The molecule has 0 unspecified atom stereocenters. The Balaban J connectivity index is 1.33. The first kappa shape index (κ1) is 19.3. The number of benzene rings is 1. The first-order chi connectivity index (χ1) is 14.1. The maximum Gasteiger partial charge on any atom is 0.227 e. The minimum Gasteiger partial charge on any atom is -0.339 e. The molecule has 3 heterocycles. The highest BCUT2D eigenvalue weighted by molar-refractivity contribution is 5.77. The van der Waals surface area contributed by atoms with Crippen LogP contribution in [-0.4, -0.2) is 32.5 Å². The van der Waals surface area contributed by atoms with Crippen molar-refractivity contribution < 1.29 is 9.32 Å². The van der Waals surface area contributed by atoms with Crippen molar-refractivity contribution in [2.24, 2.45) is 0 Å². The quantitative estimate of drug-likeness (QED) is 0.622. The molecule has 1 aromatic carbocycles. The van der Waals surface area contributed by atoms with Gasteiger partial charge in [-0.3, -0.25) is 9.78 Å². The Morgan fingerprint density at radius 1 is 1.21 bits per heavy atom. The van der Waals surface area contributed by atoms with Crippen molar-refractivity contribution >= 4 is 5.91 Å². The molecule has 6 nitrogen and oxygen atoms in total. The molecule has 1 saturated heterocycles. The van der Waals surface area contributed by atoms with Crippen molar-refractivity contribution in [3.8, 4) is 11.5 Å². The minimum atomic E-state index is 0.195. The summed E-state index contributed by atoms with van der Waals surface area (Å²) in [5.74, 6) is 1.24. The number of carbonyl (C=O) groups is 1. The van der Waals surface area contributed by atoms with Gasteiger partial charge in [-0.15, -0.1) is 0 Å². The number of pyridine rings is 1. The SMILES string of the molecule is Cc1ccc([C@@H]2CCCN2C(=O)CCCc2nc(-c3ccccn3)no2)cc1C. The number of aromatic nitrogens is 3. The first-order valence-corrected chi connectivity index (χ1v) is 10.2. The van der Waals surface area contributed by atoms with Crippen LogP contribution in [0.1, 0.15) is 54.3 Å². The number of hydrogen-bond acceptors (Lipinski definition) is 5. The lowest BCUT2D eigenvalue weighted by molar-refractivity contribution is -0.132. The third-order valence-electron chi connectivity index (χ3n) is 5.63. The number of aryl methyl sites for hydroxylation is 3. The summed E-state index contributed by atoms with van der Waals surface area (Å²) in [6.45, 7) is 5.08. The smallest absolute Gasteiger partial charge is 0.227 e. The Morgan fingerprint density at radius 3 is 2.90 bits per heavy atom. The maximum absolute atomic E-state index is 12.8. The number of carbonyl (C=O) groups excluding carboxylic acids is 1. The molecule has 0 N–H and O–H groups in total. The molecule has 1 amide bonds. The lowest BCUT2D eigenvalue weighted by atomic mass is 9.99. The van der Waals surface area contributed by atoms with Crippen molar-refractivity contribution in [2.75, 3.05) is 6.54 Å². The summed E-state index contributed by atoms with van der Waals surface area (Å²) in [6.07, 6.45) is 5.56. The number of likely N-dealkylation sites (tertiary alicyclic amines) is 1. The summed E-state index contributed by atoms with van der Waals surface area (Å²) >= 11 is 0. The Morgan fingerprint density at radius 2 is 2.10 bits per heavy atom. The number of amides is 1. The van der Waals surface area contributed by atoms with E-state index in [0.29, 0.717) is 36.7 Å². The van der Waals surface area contributed by atoms with Crippen LogP contribution in [-0.2, 0) is 11.2 Å². The van der Waals surface area contributed by atoms with Crippen molar-refractivity contribution in [2.45, 2.75) is 52.0 Å². The molecule has 4 rings (SSSR count). The van der Waals surface area contributed by atoms with Gasteiger partial charge in [0.1, 0.15) is 5.69 Å². The molecule has 150 valence electrons. The summed E-state index contributed by atoms with van der Waals surface area (Å²) in [5, 5.41) is 3.98. The van der Waals surface area contributed by atoms with E-state index in [1.54, 1.807) is 6.20 Å². The van der Waals surface area contributed by atoms with E-state index < -0.39 is 0 Å². The van der Waals surface area contributed by atoms with Gasteiger partial charge >= 0.3 is 0 Å². The number of rotatable bonds is 6. The Kier molecular flexibility index (Phi) is 5.69. The highest BCUT2D eigenvalue weighted by Crippen LogP contribution is 2.33. The largest absolute Gasteiger partial charge is 0.339 e. The van der Waals surface area contributed by atoms with E-state index in [4.69, 9.17) is 4.52 Å². The molecule has 1 fully saturated rings. The second-order valence-electron chi connectivity index (χ2n) is 7.67. The standard InChI is InChI=1S/C23H26N4O2/c1-16-11-12-18(15-17(16)2)20-8-6-14-27(20)22(28)10-5-9-21-25-23(26-29-21)19-7-3-4-13-24-19/h3-4,7,11-13,15,20H,5-6,8-10,14H2,1-2H3/t20-/m0/s1. The van der Waals surface area contributed by atoms with Crippen LogP contribution in [0.4, 0.5) is 0 Å². The Labute approximate surface area is 171 Å². The molecular weight excluding hydrogens is 364 g/mol. The Hall–Kier alpha value is -3.02. The molecular formula is C23H26N4O2. The fraction of sp³-hybridized carbons (Fsp3) is 0.391. The predicted octanol–water partition coefficient (Wildman–Crippen LogP) is 4.43. The van der Waals surface area contributed by atoms with Gasteiger partial charge in [0.05, 0.1) is 6.04 Å². The van der Waals surface area contributed by atoms with E-state index in [1.165, 1.54) is 16.7 Å². The van der Waals surface area contributed by atoms with Crippen LogP contribution in [0.2, 0.25) is 0 Å². The zero-order valence-electron chi connectivity index (χ0n) is 17.0. The minimum absolute atomic E-state index is 0.195. The second-order valence-corrected chi connectivity index (χ2v) is 7.67. The first-order valence-electron chi connectivity index (χ1n) is 10.2. The van der Waals surface area contributed by atoms with Crippen molar-refractivity contribution in [3.05, 3.63) is 65.2 Å². The van der Waals surface area contributed by atoms with E-state index in [2.05, 4.69) is 47.2 Å². The zero-order valence-corrected chi connectivity index (χ0v) is 17.0. The topological polar surface area (TPSA) is 72.1 Å². The van der Waals surface area contributed by atoms with Gasteiger partial charge in [0, 0.05) is 25.6 Å². The fourth-order valence-corrected chi connectivity index (χ4v) is 3.87. The van der Waals surface area contributed by atoms with Crippen LogP contribution < -0.4 is 0 Å². The average molecular weight is 390 g/mol. The van der Waals surface area contributed by atoms with Crippen molar-refractivity contribution in [1.82, 2.24) is 20.0 Å². The van der Waals surface area contributed by atoms with E-state index in [-0.39, 0.29) is 11.9 Å². The van der Waals surface area contributed by atoms with Gasteiger partial charge in [-0.05, 0) is 61.9 Å². The third kappa shape index (κ3) is 4.36.